The molecular weight excluding hydrogens is 240 g/mol. The van der Waals surface area contributed by atoms with Gasteiger partial charge >= 0.3 is 0 Å². The van der Waals surface area contributed by atoms with E-state index in [-0.39, 0.29) is 12.0 Å². The van der Waals surface area contributed by atoms with Gasteiger partial charge in [-0.3, -0.25) is 4.79 Å². The average molecular weight is 270 g/mol. The maximum absolute atomic E-state index is 11.8. The first kappa shape index (κ1) is 16.4. The molecule has 0 bridgehead atoms. The number of rotatable bonds is 9. The van der Waals surface area contributed by atoms with Crippen LogP contribution in [0.5, 0.6) is 0 Å². The predicted octanol–water partition coefficient (Wildman–Crippen LogP) is 1.78. The lowest BCUT2D eigenvalue weighted by Gasteiger charge is -2.19. The van der Waals surface area contributed by atoms with E-state index < -0.39 is 0 Å². The number of aliphatic hydroxyl groups is 1. The van der Waals surface area contributed by atoms with Crippen molar-refractivity contribution in [1.29, 1.82) is 0 Å². The van der Waals surface area contributed by atoms with Crippen molar-refractivity contribution >= 4 is 5.91 Å². The van der Waals surface area contributed by atoms with Crippen molar-refractivity contribution in [2.45, 2.75) is 58.5 Å². The number of nitrogens with one attached hydrogen (secondary N) is 1. The molecule has 1 atom stereocenters. The molecule has 1 saturated carbocycles. The topological polar surface area (TPSA) is 52.6 Å². The van der Waals surface area contributed by atoms with Crippen LogP contribution in [-0.2, 0) is 4.79 Å². The number of hydrogen-bond donors (Lipinski definition) is 2. The fourth-order valence-corrected chi connectivity index (χ4v) is 2.91. The van der Waals surface area contributed by atoms with Gasteiger partial charge in [0, 0.05) is 32.6 Å². The lowest BCUT2D eigenvalue weighted by Crippen LogP contribution is -2.35. The summed E-state index contributed by atoms with van der Waals surface area (Å²) in [5.41, 5.74) is 0. The number of hydrogen-bond acceptors (Lipinski definition) is 3. The third kappa shape index (κ3) is 6.39. The lowest BCUT2D eigenvalue weighted by molar-refractivity contribution is -0.130. The first-order valence-electron chi connectivity index (χ1n) is 7.83. The molecule has 4 nitrogen and oxygen atoms in total. The smallest absolute Gasteiger partial charge is 0.223 e. The number of nitrogens with zero attached hydrogens (tertiary/aromatic N) is 1. The Labute approximate surface area is 117 Å². The summed E-state index contributed by atoms with van der Waals surface area (Å²) < 4.78 is 0. The zero-order valence-corrected chi connectivity index (χ0v) is 12.5. The molecule has 1 unspecified atom stereocenters. The van der Waals surface area contributed by atoms with Gasteiger partial charge in [-0.15, -0.1) is 0 Å². The lowest BCUT2D eigenvalue weighted by atomic mass is 10.0. The fourth-order valence-electron chi connectivity index (χ4n) is 2.91. The van der Waals surface area contributed by atoms with Gasteiger partial charge in [0.05, 0.1) is 6.10 Å². The second-order valence-electron chi connectivity index (χ2n) is 5.56. The van der Waals surface area contributed by atoms with Crippen molar-refractivity contribution in [1.82, 2.24) is 10.2 Å². The molecule has 1 fully saturated rings. The van der Waals surface area contributed by atoms with Crippen molar-refractivity contribution in [3.05, 3.63) is 0 Å². The third-order valence-corrected chi connectivity index (χ3v) is 4.09. The SMILES string of the molecule is CCN(CC)C(=O)CCNCC(O)CC1CCCC1. The summed E-state index contributed by atoms with van der Waals surface area (Å²) in [6, 6.07) is 0. The summed E-state index contributed by atoms with van der Waals surface area (Å²) in [4.78, 5) is 13.6. The molecule has 0 aromatic rings. The van der Waals surface area contributed by atoms with Crippen LogP contribution in [0.4, 0.5) is 0 Å². The van der Waals surface area contributed by atoms with Crippen LogP contribution in [0.25, 0.3) is 0 Å². The van der Waals surface area contributed by atoms with E-state index in [0.717, 1.165) is 19.5 Å². The summed E-state index contributed by atoms with van der Waals surface area (Å²) in [6.45, 7) is 6.83. The first-order chi connectivity index (χ1) is 9.17. The van der Waals surface area contributed by atoms with E-state index in [9.17, 15) is 9.90 Å². The number of aliphatic hydroxyl groups excluding tert-OH is 1. The molecule has 4 heteroatoms. The summed E-state index contributed by atoms with van der Waals surface area (Å²) in [6.07, 6.45) is 6.38. The van der Waals surface area contributed by atoms with Crippen molar-refractivity contribution in [2.75, 3.05) is 26.2 Å². The third-order valence-electron chi connectivity index (χ3n) is 4.09. The molecule has 1 amide bonds. The van der Waals surface area contributed by atoms with Gasteiger partial charge in [0.2, 0.25) is 5.91 Å². The van der Waals surface area contributed by atoms with Crippen molar-refractivity contribution in [3.63, 3.8) is 0 Å². The van der Waals surface area contributed by atoms with Crippen LogP contribution >= 0.6 is 0 Å². The molecule has 0 spiro atoms. The molecule has 0 aliphatic heterocycles. The molecule has 1 aliphatic carbocycles. The molecule has 1 rings (SSSR count). The minimum Gasteiger partial charge on any atom is -0.392 e. The van der Waals surface area contributed by atoms with Crippen LogP contribution in [0.15, 0.2) is 0 Å². The van der Waals surface area contributed by atoms with Crippen LogP contribution < -0.4 is 5.32 Å². The van der Waals surface area contributed by atoms with Gasteiger partial charge in [-0.1, -0.05) is 25.7 Å². The van der Waals surface area contributed by atoms with Crippen LogP contribution in [0.1, 0.15) is 52.4 Å². The van der Waals surface area contributed by atoms with Crippen LogP contribution in [0.2, 0.25) is 0 Å². The monoisotopic (exact) mass is 270 g/mol. The van der Waals surface area contributed by atoms with Crippen molar-refractivity contribution in [3.8, 4) is 0 Å². The summed E-state index contributed by atoms with van der Waals surface area (Å²) in [5.74, 6) is 0.914. The second kappa shape index (κ2) is 9.32. The van der Waals surface area contributed by atoms with Crippen LogP contribution in [0.3, 0.4) is 0 Å². The molecule has 19 heavy (non-hydrogen) atoms. The van der Waals surface area contributed by atoms with E-state index in [1.54, 1.807) is 0 Å². The van der Waals surface area contributed by atoms with Crippen molar-refractivity contribution < 1.29 is 9.90 Å². The molecule has 0 radical (unpaired) electrons. The molecular formula is C15H30N2O2. The maximum atomic E-state index is 11.8. The van der Waals surface area contributed by atoms with E-state index in [2.05, 4.69) is 5.32 Å². The van der Waals surface area contributed by atoms with E-state index in [0.29, 0.717) is 25.4 Å². The number of carbonyl (C=O) groups excluding carboxylic acids is 1. The highest BCUT2D eigenvalue weighted by atomic mass is 16.3. The van der Waals surface area contributed by atoms with Gasteiger partial charge < -0.3 is 15.3 Å². The van der Waals surface area contributed by atoms with E-state index >= 15 is 0 Å². The van der Waals surface area contributed by atoms with Gasteiger partial charge in [-0.05, 0) is 26.2 Å². The Morgan fingerprint density at radius 1 is 1.32 bits per heavy atom. The summed E-state index contributed by atoms with van der Waals surface area (Å²) in [7, 11) is 0. The molecule has 1 aliphatic rings. The van der Waals surface area contributed by atoms with E-state index in [1.165, 1.54) is 25.7 Å². The van der Waals surface area contributed by atoms with Gasteiger partial charge in [0.1, 0.15) is 0 Å². The summed E-state index contributed by atoms with van der Waals surface area (Å²) >= 11 is 0. The van der Waals surface area contributed by atoms with Gasteiger partial charge in [0.25, 0.3) is 0 Å². The van der Waals surface area contributed by atoms with Crippen molar-refractivity contribution in [2.24, 2.45) is 5.92 Å². The minimum absolute atomic E-state index is 0.197. The number of amides is 1. The molecule has 0 heterocycles. The average Bonchev–Trinajstić information content (AvgIpc) is 2.89. The standard InChI is InChI=1S/C15H30N2O2/c1-3-17(4-2)15(19)9-10-16-12-14(18)11-13-7-5-6-8-13/h13-14,16,18H,3-12H2,1-2H3. The van der Waals surface area contributed by atoms with Gasteiger partial charge in [-0.2, -0.15) is 0 Å². The van der Waals surface area contributed by atoms with Crippen LogP contribution in [-0.4, -0.2) is 48.2 Å². The zero-order chi connectivity index (χ0) is 14.1. The van der Waals surface area contributed by atoms with Crippen LogP contribution in [0, 0.1) is 5.92 Å². The first-order valence-corrected chi connectivity index (χ1v) is 7.83. The van der Waals surface area contributed by atoms with Gasteiger partial charge in [0.15, 0.2) is 0 Å². The molecule has 0 aromatic carbocycles. The highest BCUT2D eigenvalue weighted by Crippen LogP contribution is 2.28. The Bertz CT molecular complexity index is 249. The largest absolute Gasteiger partial charge is 0.392 e. The molecule has 2 N–H and O–H groups in total. The zero-order valence-electron chi connectivity index (χ0n) is 12.5. The molecule has 0 saturated heterocycles. The summed E-state index contributed by atoms with van der Waals surface area (Å²) in [5, 5.41) is 13.1. The Morgan fingerprint density at radius 2 is 1.95 bits per heavy atom. The fraction of sp³-hybridized carbons (Fsp3) is 0.933. The van der Waals surface area contributed by atoms with E-state index in [4.69, 9.17) is 0 Å². The quantitative estimate of drug-likeness (QED) is 0.628. The highest BCUT2D eigenvalue weighted by molar-refractivity contribution is 5.76. The minimum atomic E-state index is -0.258. The molecule has 112 valence electrons. The van der Waals surface area contributed by atoms with E-state index in [1.807, 2.05) is 18.7 Å². The predicted molar refractivity (Wildman–Crippen MR) is 78.0 cm³/mol. The number of carbonyl (C=O) groups is 1. The maximum Gasteiger partial charge on any atom is 0.223 e. The highest BCUT2D eigenvalue weighted by Gasteiger charge is 2.18. The van der Waals surface area contributed by atoms with Gasteiger partial charge in [-0.25, -0.2) is 0 Å². The Morgan fingerprint density at radius 3 is 2.53 bits per heavy atom. The Balaban J connectivity index is 2.04. The molecule has 0 aromatic heterocycles. The second-order valence-corrected chi connectivity index (χ2v) is 5.56. The Kier molecular flexibility index (Phi) is 8.07. The Hall–Kier alpha value is -0.610. The normalized spacial score (nSPS) is 17.6.